The van der Waals surface area contributed by atoms with Crippen molar-refractivity contribution >= 4 is 17.6 Å². The fraction of sp³-hybridized carbons (Fsp3) is 0.375. The van der Waals surface area contributed by atoms with Gasteiger partial charge in [-0.15, -0.1) is 0 Å². The summed E-state index contributed by atoms with van der Waals surface area (Å²) >= 11 is 5.65. The topological polar surface area (TPSA) is 52.1 Å². The van der Waals surface area contributed by atoms with Crippen LogP contribution in [0, 0.1) is 0 Å². The van der Waals surface area contributed by atoms with Crippen LogP contribution in [0.15, 0.2) is 6.20 Å². The molecule has 1 heterocycles. The molecule has 0 atom stereocenters. The highest BCUT2D eigenvalue weighted by Gasteiger charge is 2.13. The molecule has 0 spiro atoms. The summed E-state index contributed by atoms with van der Waals surface area (Å²) in [5, 5.41) is 0.0732. The highest BCUT2D eigenvalue weighted by Crippen LogP contribution is 2.11. The number of carbonyl (C=O) groups is 1. The van der Waals surface area contributed by atoms with Crippen LogP contribution in [0.2, 0.25) is 5.15 Å². The molecule has 13 heavy (non-hydrogen) atoms. The Morgan fingerprint density at radius 2 is 2.38 bits per heavy atom. The minimum atomic E-state index is -0.562. The highest BCUT2D eigenvalue weighted by molar-refractivity contribution is 6.32. The van der Waals surface area contributed by atoms with Crippen molar-refractivity contribution < 1.29 is 9.53 Å². The van der Waals surface area contributed by atoms with E-state index in [4.69, 9.17) is 11.6 Å². The summed E-state index contributed by atoms with van der Waals surface area (Å²) in [4.78, 5) is 18.9. The Morgan fingerprint density at radius 1 is 1.69 bits per heavy atom. The number of rotatable bonds is 2. The number of aryl methyl sites for hydroxylation is 1. The molecule has 1 aromatic rings. The standard InChI is InChI=1S/C8H9ClN2O2/c1-3-5-4-10-7(9)6(11-5)8(12)13-2/h4H,3H2,1-2H3. The summed E-state index contributed by atoms with van der Waals surface area (Å²) in [5.41, 5.74) is 0.785. The van der Waals surface area contributed by atoms with Gasteiger partial charge in [-0.1, -0.05) is 18.5 Å². The largest absolute Gasteiger partial charge is 0.464 e. The Hall–Kier alpha value is -1.16. The van der Waals surface area contributed by atoms with Gasteiger partial charge in [-0.3, -0.25) is 0 Å². The maximum Gasteiger partial charge on any atom is 0.359 e. The summed E-state index contributed by atoms with van der Waals surface area (Å²) in [5.74, 6) is -0.562. The van der Waals surface area contributed by atoms with E-state index in [0.717, 1.165) is 0 Å². The normalized spacial score (nSPS) is 9.77. The van der Waals surface area contributed by atoms with Crippen LogP contribution >= 0.6 is 11.6 Å². The van der Waals surface area contributed by atoms with E-state index in [2.05, 4.69) is 14.7 Å². The Balaban J connectivity index is 3.11. The van der Waals surface area contributed by atoms with Crippen LogP contribution in [0.4, 0.5) is 0 Å². The smallest absolute Gasteiger partial charge is 0.359 e. The number of halogens is 1. The average molecular weight is 201 g/mol. The van der Waals surface area contributed by atoms with E-state index in [1.54, 1.807) is 0 Å². The van der Waals surface area contributed by atoms with Gasteiger partial charge in [0.1, 0.15) is 0 Å². The number of aromatic nitrogens is 2. The Morgan fingerprint density at radius 3 is 2.92 bits per heavy atom. The SMILES string of the molecule is CCc1cnc(Cl)c(C(=O)OC)n1. The molecule has 4 nitrogen and oxygen atoms in total. The van der Waals surface area contributed by atoms with E-state index < -0.39 is 5.97 Å². The molecule has 0 fully saturated rings. The zero-order chi connectivity index (χ0) is 9.84. The number of esters is 1. The van der Waals surface area contributed by atoms with Crippen LogP contribution in [0.1, 0.15) is 23.1 Å². The third-order valence-corrected chi connectivity index (χ3v) is 1.80. The van der Waals surface area contributed by atoms with E-state index in [1.807, 2.05) is 6.92 Å². The first-order chi connectivity index (χ1) is 6.19. The average Bonchev–Trinajstić information content (AvgIpc) is 2.17. The fourth-order valence-corrected chi connectivity index (χ4v) is 0.976. The van der Waals surface area contributed by atoms with Crippen molar-refractivity contribution in [1.82, 2.24) is 9.97 Å². The lowest BCUT2D eigenvalue weighted by Crippen LogP contribution is -2.08. The zero-order valence-corrected chi connectivity index (χ0v) is 8.13. The molecule has 5 heteroatoms. The lowest BCUT2D eigenvalue weighted by atomic mass is 10.3. The van der Waals surface area contributed by atoms with E-state index in [1.165, 1.54) is 13.3 Å². The number of methoxy groups -OCH3 is 1. The molecule has 70 valence electrons. The molecule has 0 aromatic carbocycles. The van der Waals surface area contributed by atoms with Crippen LogP contribution in [0.5, 0.6) is 0 Å². The van der Waals surface area contributed by atoms with Gasteiger partial charge < -0.3 is 4.74 Å². The maximum absolute atomic E-state index is 11.1. The van der Waals surface area contributed by atoms with E-state index in [0.29, 0.717) is 12.1 Å². The number of nitrogens with zero attached hydrogens (tertiary/aromatic N) is 2. The predicted molar refractivity (Wildman–Crippen MR) is 47.8 cm³/mol. The van der Waals surface area contributed by atoms with Gasteiger partial charge in [0.2, 0.25) is 0 Å². The van der Waals surface area contributed by atoms with Crippen LogP contribution in [-0.4, -0.2) is 23.0 Å². The first-order valence-electron chi connectivity index (χ1n) is 3.78. The van der Waals surface area contributed by atoms with Crippen molar-refractivity contribution in [3.05, 3.63) is 22.7 Å². The molecule has 0 aliphatic carbocycles. The van der Waals surface area contributed by atoms with Crippen molar-refractivity contribution in [2.45, 2.75) is 13.3 Å². The molecule has 0 aliphatic rings. The van der Waals surface area contributed by atoms with Crippen molar-refractivity contribution in [2.24, 2.45) is 0 Å². The van der Waals surface area contributed by atoms with E-state index >= 15 is 0 Å². The van der Waals surface area contributed by atoms with Crippen molar-refractivity contribution in [3.63, 3.8) is 0 Å². The zero-order valence-electron chi connectivity index (χ0n) is 7.37. The second kappa shape index (κ2) is 4.18. The first kappa shape index (κ1) is 9.92. The quantitative estimate of drug-likeness (QED) is 0.679. The van der Waals surface area contributed by atoms with E-state index in [-0.39, 0.29) is 10.8 Å². The summed E-state index contributed by atoms with van der Waals surface area (Å²) in [6.45, 7) is 1.92. The molecule has 0 radical (unpaired) electrons. The molecule has 0 unspecified atom stereocenters. The minimum Gasteiger partial charge on any atom is -0.464 e. The lowest BCUT2D eigenvalue weighted by molar-refractivity contribution is 0.0593. The number of hydrogen-bond donors (Lipinski definition) is 0. The predicted octanol–water partition coefficient (Wildman–Crippen LogP) is 1.48. The minimum absolute atomic E-state index is 0.0727. The van der Waals surface area contributed by atoms with Crippen LogP contribution in [0.25, 0.3) is 0 Å². The summed E-state index contributed by atoms with van der Waals surface area (Å²) in [6.07, 6.45) is 2.24. The fourth-order valence-electron chi connectivity index (χ4n) is 0.808. The van der Waals surface area contributed by atoms with Gasteiger partial charge >= 0.3 is 5.97 Å². The molecule has 0 aliphatic heterocycles. The molecular formula is C8H9ClN2O2. The van der Waals surface area contributed by atoms with E-state index in [9.17, 15) is 4.79 Å². The van der Waals surface area contributed by atoms with Gasteiger partial charge in [0.15, 0.2) is 10.8 Å². The van der Waals surface area contributed by atoms with Crippen molar-refractivity contribution in [3.8, 4) is 0 Å². The first-order valence-corrected chi connectivity index (χ1v) is 4.16. The summed E-state index contributed by atoms with van der Waals surface area (Å²) in [7, 11) is 1.28. The van der Waals surface area contributed by atoms with Gasteiger partial charge in [-0.2, -0.15) is 0 Å². The molecule has 0 saturated heterocycles. The summed E-state index contributed by atoms with van der Waals surface area (Å²) < 4.78 is 4.49. The van der Waals surface area contributed by atoms with Gasteiger partial charge in [0, 0.05) is 0 Å². The maximum atomic E-state index is 11.1. The van der Waals surface area contributed by atoms with Gasteiger partial charge in [0.25, 0.3) is 0 Å². The van der Waals surface area contributed by atoms with Crippen LogP contribution in [0.3, 0.4) is 0 Å². The number of hydrogen-bond acceptors (Lipinski definition) is 4. The molecule has 0 saturated carbocycles. The second-order valence-corrected chi connectivity index (χ2v) is 2.70. The monoisotopic (exact) mass is 200 g/mol. The molecule has 0 N–H and O–H groups in total. The Labute approximate surface area is 80.9 Å². The second-order valence-electron chi connectivity index (χ2n) is 2.35. The molecular weight excluding hydrogens is 192 g/mol. The van der Waals surface area contributed by atoms with Crippen LogP contribution in [-0.2, 0) is 11.2 Å². The molecule has 0 bridgehead atoms. The lowest BCUT2D eigenvalue weighted by Gasteiger charge is -2.01. The Kier molecular flexibility index (Phi) is 3.19. The van der Waals surface area contributed by atoms with Crippen molar-refractivity contribution in [1.29, 1.82) is 0 Å². The number of carbonyl (C=O) groups excluding carboxylic acids is 1. The third-order valence-electron chi connectivity index (χ3n) is 1.52. The van der Waals surface area contributed by atoms with Crippen LogP contribution < -0.4 is 0 Å². The third kappa shape index (κ3) is 2.15. The molecule has 0 amide bonds. The van der Waals surface area contributed by atoms with Gasteiger partial charge in [-0.05, 0) is 6.42 Å². The highest BCUT2D eigenvalue weighted by atomic mass is 35.5. The molecule has 1 aromatic heterocycles. The van der Waals surface area contributed by atoms with Gasteiger partial charge in [0.05, 0.1) is 19.0 Å². The van der Waals surface area contributed by atoms with Gasteiger partial charge in [-0.25, -0.2) is 14.8 Å². The Bertz CT molecular complexity index is 328. The molecule has 1 rings (SSSR count). The van der Waals surface area contributed by atoms with Crippen molar-refractivity contribution in [2.75, 3.05) is 7.11 Å². The number of ether oxygens (including phenoxy) is 1. The summed E-state index contributed by atoms with van der Waals surface area (Å²) in [6, 6.07) is 0.